The van der Waals surface area contributed by atoms with Gasteiger partial charge in [-0.1, -0.05) is 11.2 Å². The molecule has 3 rings (SSSR count). The molecule has 2 aromatic heterocycles. The molecule has 1 aromatic carbocycles. The van der Waals surface area contributed by atoms with Crippen LogP contribution in [-0.4, -0.2) is 14.7 Å². The number of aromatic amines is 1. The van der Waals surface area contributed by atoms with E-state index in [9.17, 15) is 4.79 Å². The summed E-state index contributed by atoms with van der Waals surface area (Å²) >= 11 is 0. The van der Waals surface area contributed by atoms with Crippen molar-refractivity contribution < 1.29 is 4.52 Å². The number of anilines is 1. The van der Waals surface area contributed by atoms with Crippen LogP contribution in [0.2, 0.25) is 0 Å². The quantitative estimate of drug-likeness (QED) is 0.737. The zero-order valence-electron chi connectivity index (χ0n) is 10.7. The van der Waals surface area contributed by atoms with Crippen LogP contribution in [0, 0.1) is 0 Å². The number of H-pyrrole nitrogens is 1. The number of imidazole rings is 1. The minimum absolute atomic E-state index is 0.106. The van der Waals surface area contributed by atoms with Gasteiger partial charge in [-0.05, 0) is 26.0 Å². The lowest BCUT2D eigenvalue weighted by atomic mass is 10.1. The maximum atomic E-state index is 11.9. The van der Waals surface area contributed by atoms with Crippen molar-refractivity contribution >= 4 is 16.9 Å². The highest BCUT2D eigenvalue weighted by Crippen LogP contribution is 2.24. The second kappa shape index (κ2) is 4.01. The summed E-state index contributed by atoms with van der Waals surface area (Å²) in [5.74, 6) is 0.267. The van der Waals surface area contributed by atoms with Crippen molar-refractivity contribution in [2.24, 2.45) is 0 Å². The van der Waals surface area contributed by atoms with Crippen molar-refractivity contribution in [2.45, 2.75) is 19.9 Å². The molecule has 19 heavy (non-hydrogen) atoms. The lowest BCUT2D eigenvalue weighted by molar-refractivity contribution is 0.439. The number of nitrogen functional groups attached to an aromatic ring is 1. The normalized spacial score (nSPS) is 11.5. The third-order valence-corrected chi connectivity index (χ3v) is 3.06. The molecule has 0 unspecified atom stereocenters. The van der Waals surface area contributed by atoms with E-state index in [0.717, 1.165) is 16.6 Å². The largest absolute Gasteiger partial charge is 0.368 e. The Morgan fingerprint density at radius 3 is 2.79 bits per heavy atom. The standard InChI is InChI=1S/C13H14N4O2/c1-7(2)17-11-4-3-8(5-10(11)15-13(17)18)9-6-12(14)19-16-9/h3-7H,14H2,1-2H3,(H,15,18). The smallest absolute Gasteiger partial charge is 0.326 e. The molecule has 0 saturated heterocycles. The van der Waals surface area contributed by atoms with E-state index in [4.69, 9.17) is 10.3 Å². The Labute approximate surface area is 108 Å². The van der Waals surface area contributed by atoms with Crippen molar-refractivity contribution in [1.29, 1.82) is 0 Å². The number of hydrogen-bond acceptors (Lipinski definition) is 4. The summed E-state index contributed by atoms with van der Waals surface area (Å²) in [5.41, 5.74) is 8.55. The van der Waals surface area contributed by atoms with Gasteiger partial charge in [-0.3, -0.25) is 4.57 Å². The molecule has 2 heterocycles. The fraction of sp³-hybridized carbons (Fsp3) is 0.231. The lowest BCUT2D eigenvalue weighted by Gasteiger charge is -2.06. The Kier molecular flexibility index (Phi) is 2.45. The molecule has 0 aliphatic carbocycles. The number of benzene rings is 1. The van der Waals surface area contributed by atoms with Crippen LogP contribution in [0.4, 0.5) is 5.88 Å². The molecule has 0 amide bonds. The molecular weight excluding hydrogens is 244 g/mol. The monoisotopic (exact) mass is 258 g/mol. The van der Waals surface area contributed by atoms with Gasteiger partial charge in [0.15, 0.2) is 0 Å². The second-order valence-electron chi connectivity index (χ2n) is 4.74. The van der Waals surface area contributed by atoms with Gasteiger partial charge >= 0.3 is 5.69 Å². The molecule has 0 fully saturated rings. The highest BCUT2D eigenvalue weighted by Gasteiger charge is 2.11. The molecule has 0 atom stereocenters. The van der Waals surface area contributed by atoms with Gasteiger partial charge in [0.25, 0.3) is 0 Å². The summed E-state index contributed by atoms with van der Waals surface area (Å²) in [6.45, 7) is 3.95. The van der Waals surface area contributed by atoms with Crippen molar-refractivity contribution in [2.75, 3.05) is 5.73 Å². The predicted octanol–water partition coefficient (Wildman–Crippen LogP) is 2.15. The molecule has 0 aliphatic rings. The molecule has 6 nitrogen and oxygen atoms in total. The Hall–Kier alpha value is -2.50. The summed E-state index contributed by atoms with van der Waals surface area (Å²) in [5, 5.41) is 3.86. The SMILES string of the molecule is CC(C)n1c(=O)[nH]c2cc(-c3cc(N)on3)ccc21. The number of aromatic nitrogens is 3. The van der Waals surface area contributed by atoms with Crippen LogP contribution in [-0.2, 0) is 0 Å². The first-order valence-electron chi connectivity index (χ1n) is 6.03. The zero-order valence-corrected chi connectivity index (χ0v) is 10.7. The van der Waals surface area contributed by atoms with Crippen LogP contribution < -0.4 is 11.4 Å². The topological polar surface area (TPSA) is 89.8 Å². The minimum atomic E-state index is -0.109. The van der Waals surface area contributed by atoms with Crippen LogP contribution in [0.5, 0.6) is 0 Å². The number of nitrogens with one attached hydrogen (secondary N) is 1. The summed E-state index contributed by atoms with van der Waals surface area (Å²) in [7, 11) is 0. The Bertz CT molecular complexity index is 794. The molecular formula is C13H14N4O2. The summed E-state index contributed by atoms with van der Waals surface area (Å²) in [6, 6.07) is 7.42. The molecule has 3 N–H and O–H groups in total. The van der Waals surface area contributed by atoms with Crippen LogP contribution in [0.3, 0.4) is 0 Å². The minimum Gasteiger partial charge on any atom is -0.368 e. The number of nitrogens with two attached hydrogens (primary N) is 1. The number of nitrogens with zero attached hydrogens (tertiary/aromatic N) is 2. The maximum absolute atomic E-state index is 11.9. The Balaban J connectivity index is 2.20. The number of rotatable bonds is 2. The molecule has 0 aliphatic heterocycles. The van der Waals surface area contributed by atoms with Gasteiger partial charge in [0.1, 0.15) is 5.69 Å². The second-order valence-corrected chi connectivity index (χ2v) is 4.74. The summed E-state index contributed by atoms with van der Waals surface area (Å²) < 4.78 is 6.57. The molecule has 6 heteroatoms. The van der Waals surface area contributed by atoms with Gasteiger partial charge in [-0.2, -0.15) is 0 Å². The van der Waals surface area contributed by atoms with E-state index < -0.39 is 0 Å². The predicted molar refractivity (Wildman–Crippen MR) is 72.9 cm³/mol. The summed E-state index contributed by atoms with van der Waals surface area (Å²) in [4.78, 5) is 14.7. The van der Waals surface area contributed by atoms with E-state index in [1.807, 2.05) is 32.0 Å². The number of hydrogen-bond donors (Lipinski definition) is 2. The van der Waals surface area contributed by atoms with Gasteiger partial charge < -0.3 is 15.2 Å². The fourth-order valence-corrected chi connectivity index (χ4v) is 2.23. The van der Waals surface area contributed by atoms with E-state index in [1.165, 1.54) is 0 Å². The van der Waals surface area contributed by atoms with Gasteiger partial charge in [0.2, 0.25) is 5.88 Å². The van der Waals surface area contributed by atoms with Crippen LogP contribution in [0.25, 0.3) is 22.3 Å². The molecule has 0 bridgehead atoms. The highest BCUT2D eigenvalue weighted by molar-refractivity contribution is 5.81. The van der Waals surface area contributed by atoms with Crippen LogP contribution in [0.1, 0.15) is 19.9 Å². The van der Waals surface area contributed by atoms with Crippen molar-refractivity contribution in [1.82, 2.24) is 14.7 Å². The maximum Gasteiger partial charge on any atom is 0.326 e. The first kappa shape index (κ1) is 11.6. The highest BCUT2D eigenvalue weighted by atomic mass is 16.5. The van der Waals surface area contributed by atoms with E-state index in [0.29, 0.717) is 5.69 Å². The number of fused-ring (bicyclic) bond motifs is 1. The molecule has 98 valence electrons. The molecule has 0 radical (unpaired) electrons. The van der Waals surface area contributed by atoms with Gasteiger partial charge in [0.05, 0.1) is 11.0 Å². The lowest BCUT2D eigenvalue weighted by Crippen LogP contribution is -2.18. The average molecular weight is 258 g/mol. The van der Waals surface area contributed by atoms with Crippen molar-refractivity contribution in [3.8, 4) is 11.3 Å². The van der Waals surface area contributed by atoms with E-state index in [2.05, 4.69) is 10.1 Å². The van der Waals surface area contributed by atoms with Gasteiger partial charge in [-0.15, -0.1) is 0 Å². The van der Waals surface area contributed by atoms with E-state index in [1.54, 1.807) is 10.6 Å². The average Bonchev–Trinajstić information content (AvgIpc) is 2.90. The first-order chi connectivity index (χ1) is 9.06. The van der Waals surface area contributed by atoms with Crippen molar-refractivity contribution in [3.05, 3.63) is 34.7 Å². The van der Waals surface area contributed by atoms with E-state index >= 15 is 0 Å². The fourth-order valence-electron chi connectivity index (χ4n) is 2.23. The first-order valence-corrected chi connectivity index (χ1v) is 6.03. The molecule has 3 aromatic rings. The third kappa shape index (κ3) is 1.81. The van der Waals surface area contributed by atoms with Crippen LogP contribution >= 0.6 is 0 Å². The molecule has 0 saturated carbocycles. The van der Waals surface area contributed by atoms with Crippen molar-refractivity contribution in [3.63, 3.8) is 0 Å². The third-order valence-electron chi connectivity index (χ3n) is 3.06. The summed E-state index contributed by atoms with van der Waals surface area (Å²) in [6.07, 6.45) is 0. The van der Waals surface area contributed by atoms with Crippen LogP contribution in [0.15, 0.2) is 33.6 Å². The van der Waals surface area contributed by atoms with Gasteiger partial charge in [0, 0.05) is 17.7 Å². The molecule has 0 spiro atoms. The Morgan fingerprint density at radius 1 is 1.37 bits per heavy atom. The van der Waals surface area contributed by atoms with Gasteiger partial charge in [-0.25, -0.2) is 4.79 Å². The zero-order chi connectivity index (χ0) is 13.6. The van der Waals surface area contributed by atoms with E-state index in [-0.39, 0.29) is 17.6 Å². The Morgan fingerprint density at radius 2 is 2.16 bits per heavy atom.